The number of rotatable bonds is 6. The standard InChI is InChI=1S/C21H21N5O2/c1-15-13-23-21(28)26(15)17-9-7-16(8-10-17)20(27)22-11-4-12-25-14-24-18-5-2-3-6-19(18)25/h2-3,5-10,13-14H,4,11-12H2,1H3,(H,22,27)(H,23,28). The molecule has 0 unspecified atom stereocenters. The van der Waals surface area contributed by atoms with E-state index in [1.807, 2.05) is 37.5 Å². The average molecular weight is 375 g/mol. The molecule has 0 atom stereocenters. The van der Waals surface area contributed by atoms with E-state index in [1.54, 1.807) is 35.0 Å². The van der Waals surface area contributed by atoms with E-state index in [9.17, 15) is 9.59 Å². The molecule has 0 fully saturated rings. The van der Waals surface area contributed by atoms with Crippen LogP contribution in [0.4, 0.5) is 0 Å². The van der Waals surface area contributed by atoms with Gasteiger partial charge in [-0.15, -0.1) is 0 Å². The highest BCUT2D eigenvalue weighted by atomic mass is 16.2. The normalized spacial score (nSPS) is 11.0. The number of aromatic amines is 1. The highest BCUT2D eigenvalue weighted by Gasteiger charge is 2.08. The fourth-order valence-electron chi connectivity index (χ4n) is 3.28. The van der Waals surface area contributed by atoms with E-state index in [1.165, 1.54) is 0 Å². The van der Waals surface area contributed by atoms with Crippen molar-refractivity contribution in [3.63, 3.8) is 0 Å². The summed E-state index contributed by atoms with van der Waals surface area (Å²) in [4.78, 5) is 31.2. The third-order valence-electron chi connectivity index (χ3n) is 4.74. The van der Waals surface area contributed by atoms with Gasteiger partial charge >= 0.3 is 5.69 Å². The zero-order chi connectivity index (χ0) is 19.5. The monoisotopic (exact) mass is 375 g/mol. The van der Waals surface area contributed by atoms with Crippen molar-refractivity contribution in [1.82, 2.24) is 24.4 Å². The summed E-state index contributed by atoms with van der Waals surface area (Å²) in [6.45, 7) is 3.21. The summed E-state index contributed by atoms with van der Waals surface area (Å²) in [5.41, 5.74) is 3.99. The van der Waals surface area contributed by atoms with Crippen molar-refractivity contribution in [2.75, 3.05) is 6.54 Å². The largest absolute Gasteiger partial charge is 0.352 e. The molecule has 4 aromatic rings. The number of H-pyrrole nitrogens is 1. The van der Waals surface area contributed by atoms with Gasteiger partial charge < -0.3 is 14.9 Å². The van der Waals surface area contributed by atoms with Crippen molar-refractivity contribution < 1.29 is 4.79 Å². The van der Waals surface area contributed by atoms with Gasteiger partial charge in [0.05, 0.1) is 23.0 Å². The number of hydrogen-bond donors (Lipinski definition) is 2. The molecule has 7 heteroatoms. The number of imidazole rings is 2. The third kappa shape index (κ3) is 3.46. The van der Waals surface area contributed by atoms with Crippen LogP contribution in [0.25, 0.3) is 16.7 Å². The highest BCUT2D eigenvalue weighted by Crippen LogP contribution is 2.12. The Kier molecular flexibility index (Phi) is 4.80. The van der Waals surface area contributed by atoms with Gasteiger partial charge in [-0.25, -0.2) is 9.78 Å². The molecule has 28 heavy (non-hydrogen) atoms. The fraction of sp³-hybridized carbons (Fsp3) is 0.190. The number of para-hydroxylation sites is 2. The van der Waals surface area contributed by atoms with Gasteiger partial charge in [-0.1, -0.05) is 12.1 Å². The summed E-state index contributed by atoms with van der Waals surface area (Å²) in [5.74, 6) is -0.125. The van der Waals surface area contributed by atoms with Crippen LogP contribution in [0.3, 0.4) is 0 Å². The van der Waals surface area contributed by atoms with Gasteiger partial charge in [0.2, 0.25) is 0 Å². The maximum Gasteiger partial charge on any atom is 0.330 e. The van der Waals surface area contributed by atoms with Crippen molar-refractivity contribution in [3.05, 3.63) is 82.8 Å². The average Bonchev–Trinajstić information content (AvgIpc) is 3.28. The Hall–Kier alpha value is -3.61. The van der Waals surface area contributed by atoms with Crippen LogP contribution in [0.1, 0.15) is 22.5 Å². The lowest BCUT2D eigenvalue weighted by Gasteiger charge is -2.08. The van der Waals surface area contributed by atoms with Crippen LogP contribution in [0, 0.1) is 6.92 Å². The SMILES string of the molecule is Cc1c[nH]c(=O)n1-c1ccc(C(=O)NCCCn2cnc3ccccc32)cc1. The van der Waals surface area contributed by atoms with Crippen LogP contribution < -0.4 is 11.0 Å². The lowest BCUT2D eigenvalue weighted by molar-refractivity contribution is 0.0953. The summed E-state index contributed by atoms with van der Waals surface area (Å²) in [6, 6.07) is 15.0. The van der Waals surface area contributed by atoms with E-state index < -0.39 is 0 Å². The Morgan fingerprint density at radius 1 is 1.14 bits per heavy atom. The molecule has 2 N–H and O–H groups in total. The molecule has 2 heterocycles. The second-order valence-corrected chi connectivity index (χ2v) is 6.65. The quantitative estimate of drug-likeness (QED) is 0.508. The van der Waals surface area contributed by atoms with Gasteiger partial charge in [-0.05, 0) is 49.7 Å². The van der Waals surface area contributed by atoms with Crippen LogP contribution in [-0.4, -0.2) is 31.6 Å². The first-order chi connectivity index (χ1) is 13.6. The molecular formula is C21H21N5O2. The molecule has 0 bridgehead atoms. The number of aryl methyl sites for hydroxylation is 2. The smallest absolute Gasteiger partial charge is 0.330 e. The molecular weight excluding hydrogens is 354 g/mol. The molecule has 2 aromatic carbocycles. The number of carbonyl (C=O) groups is 1. The number of amides is 1. The molecule has 0 aliphatic heterocycles. The molecule has 2 aromatic heterocycles. The van der Waals surface area contributed by atoms with Crippen LogP contribution in [-0.2, 0) is 6.54 Å². The number of fused-ring (bicyclic) bond motifs is 1. The number of hydrogen-bond acceptors (Lipinski definition) is 3. The molecule has 1 amide bonds. The summed E-state index contributed by atoms with van der Waals surface area (Å²) in [7, 11) is 0. The minimum Gasteiger partial charge on any atom is -0.352 e. The first-order valence-corrected chi connectivity index (χ1v) is 9.19. The number of nitrogens with zero attached hydrogens (tertiary/aromatic N) is 3. The maximum absolute atomic E-state index is 12.3. The van der Waals surface area contributed by atoms with E-state index >= 15 is 0 Å². The van der Waals surface area contributed by atoms with Crippen molar-refractivity contribution in [2.24, 2.45) is 0 Å². The zero-order valence-electron chi connectivity index (χ0n) is 15.6. The van der Waals surface area contributed by atoms with Crippen molar-refractivity contribution in [1.29, 1.82) is 0 Å². The Balaban J connectivity index is 1.33. The summed E-state index contributed by atoms with van der Waals surface area (Å²) >= 11 is 0. The van der Waals surface area contributed by atoms with Gasteiger partial charge in [0.25, 0.3) is 5.91 Å². The number of nitrogens with one attached hydrogen (secondary N) is 2. The molecule has 0 spiro atoms. The zero-order valence-corrected chi connectivity index (χ0v) is 15.6. The van der Waals surface area contributed by atoms with E-state index in [-0.39, 0.29) is 11.6 Å². The predicted molar refractivity (Wildman–Crippen MR) is 108 cm³/mol. The Bertz CT molecular complexity index is 1170. The van der Waals surface area contributed by atoms with E-state index in [0.717, 1.165) is 35.4 Å². The molecule has 7 nitrogen and oxygen atoms in total. The Labute approximate surface area is 161 Å². The molecule has 4 rings (SSSR count). The van der Waals surface area contributed by atoms with Gasteiger partial charge in [-0.2, -0.15) is 0 Å². The van der Waals surface area contributed by atoms with Crippen molar-refractivity contribution in [3.8, 4) is 5.69 Å². The van der Waals surface area contributed by atoms with E-state index in [0.29, 0.717) is 12.1 Å². The molecule has 0 saturated heterocycles. The second kappa shape index (κ2) is 7.56. The lowest BCUT2D eigenvalue weighted by atomic mass is 10.2. The van der Waals surface area contributed by atoms with Gasteiger partial charge in [0, 0.05) is 30.5 Å². The third-order valence-corrected chi connectivity index (χ3v) is 4.74. The predicted octanol–water partition coefficient (Wildman–Crippen LogP) is 2.64. The van der Waals surface area contributed by atoms with Crippen LogP contribution in [0.5, 0.6) is 0 Å². The van der Waals surface area contributed by atoms with Crippen molar-refractivity contribution in [2.45, 2.75) is 19.9 Å². The maximum atomic E-state index is 12.3. The Morgan fingerprint density at radius 2 is 1.93 bits per heavy atom. The molecule has 0 aliphatic rings. The molecule has 0 aliphatic carbocycles. The molecule has 0 radical (unpaired) electrons. The van der Waals surface area contributed by atoms with Crippen molar-refractivity contribution >= 4 is 16.9 Å². The minimum atomic E-state index is -0.193. The summed E-state index contributed by atoms with van der Waals surface area (Å²) in [5, 5.41) is 2.94. The Morgan fingerprint density at radius 3 is 2.68 bits per heavy atom. The van der Waals surface area contributed by atoms with Crippen LogP contribution in [0.2, 0.25) is 0 Å². The van der Waals surface area contributed by atoms with Gasteiger partial charge in [0.15, 0.2) is 0 Å². The van der Waals surface area contributed by atoms with E-state index in [4.69, 9.17) is 0 Å². The second-order valence-electron chi connectivity index (χ2n) is 6.65. The molecule has 0 saturated carbocycles. The number of benzene rings is 2. The van der Waals surface area contributed by atoms with Gasteiger partial charge in [0.1, 0.15) is 0 Å². The van der Waals surface area contributed by atoms with E-state index in [2.05, 4.69) is 19.9 Å². The molecule has 142 valence electrons. The first kappa shape index (κ1) is 17.8. The van der Waals surface area contributed by atoms with Crippen LogP contribution in [0.15, 0.2) is 65.8 Å². The number of carbonyl (C=O) groups excluding carboxylic acids is 1. The lowest BCUT2D eigenvalue weighted by Crippen LogP contribution is -2.25. The summed E-state index contributed by atoms with van der Waals surface area (Å²) < 4.78 is 3.66. The highest BCUT2D eigenvalue weighted by molar-refractivity contribution is 5.94. The fourth-order valence-corrected chi connectivity index (χ4v) is 3.28. The van der Waals surface area contributed by atoms with Crippen LogP contribution >= 0.6 is 0 Å². The van der Waals surface area contributed by atoms with Gasteiger partial charge in [-0.3, -0.25) is 9.36 Å². The first-order valence-electron chi connectivity index (χ1n) is 9.19. The minimum absolute atomic E-state index is 0.125. The summed E-state index contributed by atoms with van der Waals surface area (Å²) in [6.07, 6.45) is 4.30. The number of aromatic nitrogens is 4. The topological polar surface area (TPSA) is 84.7 Å².